The summed E-state index contributed by atoms with van der Waals surface area (Å²) in [4.78, 5) is 18.5. The molecule has 0 atom stereocenters. The molecule has 5 nitrogen and oxygen atoms in total. The third-order valence-electron chi connectivity index (χ3n) is 5.03. The highest BCUT2D eigenvalue weighted by Crippen LogP contribution is 2.32. The lowest BCUT2D eigenvalue weighted by atomic mass is 10.0. The highest BCUT2D eigenvalue weighted by Gasteiger charge is 2.13. The molecule has 30 heavy (non-hydrogen) atoms. The molecule has 150 valence electrons. The molecule has 0 aliphatic rings. The molecule has 0 aliphatic heterocycles. The van der Waals surface area contributed by atoms with Gasteiger partial charge in [-0.3, -0.25) is 4.79 Å². The highest BCUT2D eigenvalue weighted by atomic mass is 32.1. The number of hydrogen-bond donors (Lipinski definition) is 0. The van der Waals surface area contributed by atoms with E-state index >= 15 is 0 Å². The molecule has 0 bridgehead atoms. The molecule has 0 fully saturated rings. The SMILES string of the molecule is CCOc1ccc2ccc(OCC)c(/C=c3\sc4nc5ccccc5n4c3=O)c2c1. The lowest BCUT2D eigenvalue weighted by Crippen LogP contribution is -2.22. The topological polar surface area (TPSA) is 52.8 Å². The number of fused-ring (bicyclic) bond motifs is 4. The predicted molar refractivity (Wildman–Crippen MR) is 122 cm³/mol. The molecule has 0 spiro atoms. The van der Waals surface area contributed by atoms with Gasteiger partial charge in [0.15, 0.2) is 4.96 Å². The monoisotopic (exact) mass is 416 g/mol. The minimum absolute atomic E-state index is 0.0656. The average Bonchev–Trinajstić information content (AvgIpc) is 3.26. The van der Waals surface area contributed by atoms with Gasteiger partial charge in [-0.05, 0) is 61.0 Å². The summed E-state index contributed by atoms with van der Waals surface area (Å²) in [5.41, 5.74) is 2.47. The zero-order valence-corrected chi connectivity index (χ0v) is 17.5. The van der Waals surface area contributed by atoms with Crippen molar-refractivity contribution in [1.82, 2.24) is 9.38 Å². The number of ether oxygens (including phenoxy) is 2. The van der Waals surface area contributed by atoms with Crippen LogP contribution in [-0.4, -0.2) is 22.6 Å². The molecule has 2 heterocycles. The maximum atomic E-state index is 13.2. The number of nitrogens with zero attached hydrogens (tertiary/aromatic N) is 2. The second-order valence-electron chi connectivity index (χ2n) is 6.86. The summed E-state index contributed by atoms with van der Waals surface area (Å²) in [6.07, 6.45) is 1.92. The molecule has 0 unspecified atom stereocenters. The quantitative estimate of drug-likeness (QED) is 0.426. The fourth-order valence-electron chi connectivity index (χ4n) is 3.73. The van der Waals surface area contributed by atoms with E-state index in [-0.39, 0.29) is 5.56 Å². The van der Waals surface area contributed by atoms with E-state index in [0.717, 1.165) is 38.9 Å². The molecule has 0 aliphatic carbocycles. The average molecular weight is 417 g/mol. The van der Waals surface area contributed by atoms with Gasteiger partial charge in [-0.15, -0.1) is 0 Å². The Morgan fingerprint density at radius 3 is 2.67 bits per heavy atom. The van der Waals surface area contributed by atoms with E-state index in [1.165, 1.54) is 11.3 Å². The van der Waals surface area contributed by atoms with Crippen molar-refractivity contribution in [3.05, 3.63) is 75.0 Å². The van der Waals surface area contributed by atoms with Crippen LogP contribution in [0.2, 0.25) is 0 Å². The van der Waals surface area contributed by atoms with Gasteiger partial charge >= 0.3 is 0 Å². The lowest BCUT2D eigenvalue weighted by Gasteiger charge is -2.12. The van der Waals surface area contributed by atoms with Crippen LogP contribution in [0, 0.1) is 0 Å². The molecular weight excluding hydrogens is 396 g/mol. The van der Waals surface area contributed by atoms with Crippen molar-refractivity contribution in [2.75, 3.05) is 13.2 Å². The first-order valence-corrected chi connectivity index (χ1v) is 10.8. The Morgan fingerprint density at radius 1 is 1.03 bits per heavy atom. The number of imidazole rings is 1. The Balaban J connectivity index is 1.80. The first kappa shape index (κ1) is 18.6. The Bertz CT molecular complexity index is 1500. The van der Waals surface area contributed by atoms with Crippen LogP contribution < -0.4 is 19.6 Å². The lowest BCUT2D eigenvalue weighted by molar-refractivity contribution is 0.339. The summed E-state index contributed by atoms with van der Waals surface area (Å²) < 4.78 is 13.9. The zero-order chi connectivity index (χ0) is 20.7. The van der Waals surface area contributed by atoms with Crippen molar-refractivity contribution >= 4 is 44.2 Å². The molecule has 0 radical (unpaired) electrons. The fourth-order valence-corrected chi connectivity index (χ4v) is 4.70. The molecule has 0 saturated carbocycles. The smallest absolute Gasteiger partial charge is 0.274 e. The van der Waals surface area contributed by atoms with E-state index in [2.05, 4.69) is 4.98 Å². The van der Waals surface area contributed by atoms with Crippen molar-refractivity contribution in [2.24, 2.45) is 0 Å². The van der Waals surface area contributed by atoms with Crippen LogP contribution in [-0.2, 0) is 0 Å². The summed E-state index contributed by atoms with van der Waals surface area (Å²) in [6, 6.07) is 17.7. The molecule has 3 aromatic carbocycles. The van der Waals surface area contributed by atoms with Gasteiger partial charge in [-0.1, -0.05) is 35.6 Å². The van der Waals surface area contributed by atoms with Gasteiger partial charge in [0.25, 0.3) is 5.56 Å². The number of aromatic nitrogens is 2. The minimum atomic E-state index is -0.0656. The van der Waals surface area contributed by atoms with Crippen LogP contribution >= 0.6 is 11.3 Å². The van der Waals surface area contributed by atoms with Gasteiger partial charge in [-0.25, -0.2) is 9.38 Å². The maximum absolute atomic E-state index is 13.2. The van der Waals surface area contributed by atoms with Crippen LogP contribution in [0.3, 0.4) is 0 Å². The summed E-state index contributed by atoms with van der Waals surface area (Å²) in [5.74, 6) is 1.54. The largest absolute Gasteiger partial charge is 0.494 e. The van der Waals surface area contributed by atoms with E-state index in [1.54, 1.807) is 4.40 Å². The Morgan fingerprint density at radius 2 is 1.83 bits per heavy atom. The van der Waals surface area contributed by atoms with Gasteiger partial charge in [0.05, 0.1) is 28.8 Å². The summed E-state index contributed by atoms with van der Waals surface area (Å²) >= 11 is 1.39. The molecule has 0 saturated heterocycles. The fraction of sp³-hybridized carbons (Fsp3) is 0.167. The summed E-state index contributed by atoms with van der Waals surface area (Å²) in [7, 11) is 0. The first-order chi connectivity index (χ1) is 14.7. The van der Waals surface area contributed by atoms with Crippen molar-refractivity contribution in [1.29, 1.82) is 0 Å². The van der Waals surface area contributed by atoms with E-state index in [9.17, 15) is 4.79 Å². The number of para-hydroxylation sites is 2. The Kier molecular flexibility index (Phi) is 4.64. The molecular formula is C24H20N2O3S. The summed E-state index contributed by atoms with van der Waals surface area (Å²) in [5, 5.41) is 2.05. The molecule has 2 aromatic heterocycles. The van der Waals surface area contributed by atoms with Gasteiger partial charge in [0.2, 0.25) is 0 Å². The standard InChI is InChI=1S/C24H20N2O3S/c1-3-28-16-11-9-15-10-12-21(29-4-2)18(17(15)13-16)14-22-23(27)26-20-8-6-5-7-19(20)25-24(26)30-22/h5-14H,3-4H2,1-2H3/b22-14-. The third kappa shape index (κ3) is 3.00. The van der Waals surface area contributed by atoms with E-state index in [1.807, 2.05) is 74.5 Å². The van der Waals surface area contributed by atoms with E-state index in [4.69, 9.17) is 9.47 Å². The highest BCUT2D eigenvalue weighted by molar-refractivity contribution is 7.15. The molecule has 6 heteroatoms. The molecule has 0 N–H and O–H groups in total. The van der Waals surface area contributed by atoms with Crippen molar-refractivity contribution < 1.29 is 9.47 Å². The second kappa shape index (κ2) is 7.46. The number of rotatable bonds is 5. The Hall–Kier alpha value is -3.38. The van der Waals surface area contributed by atoms with Crippen LogP contribution in [0.15, 0.2) is 59.4 Å². The van der Waals surface area contributed by atoms with Crippen molar-refractivity contribution in [3.63, 3.8) is 0 Å². The van der Waals surface area contributed by atoms with Crippen LogP contribution in [0.5, 0.6) is 11.5 Å². The van der Waals surface area contributed by atoms with Gasteiger partial charge in [0, 0.05) is 5.56 Å². The Labute approximate surface area is 176 Å². The molecule has 0 amide bonds. The maximum Gasteiger partial charge on any atom is 0.274 e. The normalized spacial score (nSPS) is 12.3. The first-order valence-electron chi connectivity index (χ1n) is 9.93. The van der Waals surface area contributed by atoms with Gasteiger partial charge < -0.3 is 9.47 Å². The molecule has 5 aromatic rings. The third-order valence-corrected chi connectivity index (χ3v) is 5.99. The number of benzene rings is 3. The van der Waals surface area contributed by atoms with Gasteiger partial charge in [-0.2, -0.15) is 0 Å². The van der Waals surface area contributed by atoms with Gasteiger partial charge in [0.1, 0.15) is 11.5 Å². The van der Waals surface area contributed by atoms with Crippen LogP contribution in [0.1, 0.15) is 19.4 Å². The zero-order valence-electron chi connectivity index (χ0n) is 16.7. The number of hydrogen-bond acceptors (Lipinski definition) is 5. The number of thiazole rings is 1. The van der Waals surface area contributed by atoms with Crippen molar-refractivity contribution in [3.8, 4) is 11.5 Å². The van der Waals surface area contributed by atoms with Crippen LogP contribution in [0.25, 0.3) is 32.8 Å². The second-order valence-corrected chi connectivity index (χ2v) is 7.87. The predicted octanol–water partition coefficient (Wildman–Crippen LogP) is 4.41. The minimum Gasteiger partial charge on any atom is -0.494 e. The summed E-state index contributed by atoms with van der Waals surface area (Å²) in [6.45, 7) is 5.05. The van der Waals surface area contributed by atoms with E-state index in [0.29, 0.717) is 22.7 Å². The van der Waals surface area contributed by atoms with Crippen LogP contribution in [0.4, 0.5) is 0 Å². The van der Waals surface area contributed by atoms with E-state index < -0.39 is 0 Å². The molecule has 5 rings (SSSR count). The van der Waals surface area contributed by atoms with Crippen molar-refractivity contribution in [2.45, 2.75) is 13.8 Å².